The van der Waals surface area contributed by atoms with Crippen molar-refractivity contribution < 1.29 is 9.53 Å². The summed E-state index contributed by atoms with van der Waals surface area (Å²) in [6.45, 7) is 2.77. The monoisotopic (exact) mass is 481 g/mol. The van der Waals surface area contributed by atoms with E-state index in [1.165, 1.54) is 0 Å². The van der Waals surface area contributed by atoms with Crippen LogP contribution in [-0.2, 0) is 6.54 Å². The first kappa shape index (κ1) is 22.7. The van der Waals surface area contributed by atoms with Crippen molar-refractivity contribution in [3.8, 4) is 5.75 Å². The maximum atomic E-state index is 13.0. The molecule has 0 saturated carbocycles. The van der Waals surface area contributed by atoms with Gasteiger partial charge in [0.05, 0.1) is 18.9 Å². The standard InChI is InChI=1S/C29H24ClN3O2/c1-19-26(24-9-5-6-10-27(24)33(19)18-20-11-13-23(30)14-12-20)17-31-32-29(34)25-15-21-7-3-4-8-22(21)16-28(25)35-2/h3-17H,18H2,1-2H3,(H,32,34). The lowest BCUT2D eigenvalue weighted by molar-refractivity contribution is 0.0952. The molecule has 0 saturated heterocycles. The second-order valence-electron chi connectivity index (χ2n) is 8.33. The average molecular weight is 482 g/mol. The number of para-hydroxylation sites is 1. The highest BCUT2D eigenvalue weighted by Gasteiger charge is 2.15. The van der Waals surface area contributed by atoms with Crippen molar-refractivity contribution >= 4 is 45.4 Å². The Labute approximate surface area is 208 Å². The summed E-state index contributed by atoms with van der Waals surface area (Å²) < 4.78 is 7.70. The van der Waals surface area contributed by atoms with Gasteiger partial charge in [0.25, 0.3) is 5.91 Å². The highest BCUT2D eigenvalue weighted by molar-refractivity contribution is 6.30. The largest absolute Gasteiger partial charge is 0.496 e. The van der Waals surface area contributed by atoms with E-state index < -0.39 is 0 Å². The number of carbonyl (C=O) groups is 1. The smallest absolute Gasteiger partial charge is 0.275 e. The van der Waals surface area contributed by atoms with Crippen molar-refractivity contribution in [2.45, 2.75) is 13.5 Å². The molecule has 5 rings (SSSR count). The van der Waals surface area contributed by atoms with E-state index in [0.29, 0.717) is 17.9 Å². The predicted octanol–water partition coefficient (Wildman–Crippen LogP) is 6.58. The van der Waals surface area contributed by atoms with E-state index in [-0.39, 0.29) is 5.91 Å². The Morgan fingerprint density at radius 1 is 1.00 bits per heavy atom. The van der Waals surface area contributed by atoms with Crippen LogP contribution in [0.2, 0.25) is 5.02 Å². The molecule has 35 heavy (non-hydrogen) atoms. The molecular formula is C29H24ClN3O2. The number of methoxy groups -OCH3 is 1. The fourth-order valence-electron chi connectivity index (χ4n) is 4.38. The zero-order chi connectivity index (χ0) is 24.4. The van der Waals surface area contributed by atoms with Crippen LogP contribution in [0.15, 0.2) is 90.0 Å². The first-order valence-corrected chi connectivity index (χ1v) is 11.7. The summed E-state index contributed by atoms with van der Waals surface area (Å²) in [4.78, 5) is 13.0. The maximum absolute atomic E-state index is 13.0. The molecule has 5 nitrogen and oxygen atoms in total. The predicted molar refractivity (Wildman–Crippen MR) is 143 cm³/mol. The van der Waals surface area contributed by atoms with Crippen molar-refractivity contribution in [3.63, 3.8) is 0 Å². The van der Waals surface area contributed by atoms with E-state index in [1.54, 1.807) is 13.3 Å². The first-order valence-electron chi connectivity index (χ1n) is 11.3. The summed E-state index contributed by atoms with van der Waals surface area (Å²) >= 11 is 6.05. The summed E-state index contributed by atoms with van der Waals surface area (Å²) in [5, 5.41) is 8.06. The van der Waals surface area contributed by atoms with E-state index in [1.807, 2.05) is 72.8 Å². The number of hydrogen-bond donors (Lipinski definition) is 1. The summed E-state index contributed by atoms with van der Waals surface area (Å²) in [5.41, 5.74) is 7.37. The van der Waals surface area contributed by atoms with Crippen molar-refractivity contribution in [2.75, 3.05) is 7.11 Å². The lowest BCUT2D eigenvalue weighted by Gasteiger charge is -2.09. The molecule has 0 radical (unpaired) electrons. The third-order valence-electron chi connectivity index (χ3n) is 6.21. The first-order chi connectivity index (χ1) is 17.0. The number of carbonyl (C=O) groups excluding carboxylic acids is 1. The highest BCUT2D eigenvalue weighted by Crippen LogP contribution is 2.27. The normalized spacial score (nSPS) is 11.4. The number of fused-ring (bicyclic) bond motifs is 2. The molecule has 0 atom stereocenters. The molecule has 0 spiro atoms. The molecule has 5 aromatic rings. The van der Waals surface area contributed by atoms with Gasteiger partial charge >= 0.3 is 0 Å². The van der Waals surface area contributed by atoms with Gasteiger partial charge < -0.3 is 9.30 Å². The number of rotatable bonds is 6. The summed E-state index contributed by atoms with van der Waals surface area (Å²) in [5.74, 6) is 0.179. The molecule has 1 amide bonds. The minimum absolute atomic E-state index is 0.327. The number of benzene rings is 4. The molecule has 4 aromatic carbocycles. The van der Waals surface area contributed by atoms with Crippen LogP contribution < -0.4 is 10.2 Å². The molecule has 6 heteroatoms. The maximum Gasteiger partial charge on any atom is 0.275 e. The number of nitrogens with zero attached hydrogens (tertiary/aromatic N) is 2. The minimum Gasteiger partial charge on any atom is -0.496 e. The third-order valence-corrected chi connectivity index (χ3v) is 6.46. The Balaban J connectivity index is 1.44. The number of nitrogens with one attached hydrogen (secondary N) is 1. The van der Waals surface area contributed by atoms with Gasteiger partial charge in [-0.15, -0.1) is 0 Å². The van der Waals surface area contributed by atoms with Gasteiger partial charge in [-0.1, -0.05) is 66.2 Å². The van der Waals surface area contributed by atoms with Crippen molar-refractivity contribution in [1.29, 1.82) is 0 Å². The lowest BCUT2D eigenvalue weighted by Crippen LogP contribution is -2.18. The zero-order valence-electron chi connectivity index (χ0n) is 19.5. The van der Waals surface area contributed by atoms with E-state index in [0.717, 1.165) is 43.5 Å². The molecule has 0 aliphatic carbocycles. The van der Waals surface area contributed by atoms with Gasteiger partial charge in [0, 0.05) is 33.7 Å². The van der Waals surface area contributed by atoms with Gasteiger partial charge in [-0.25, -0.2) is 5.43 Å². The summed E-state index contributed by atoms with van der Waals surface area (Å²) in [6, 6.07) is 27.6. The molecule has 0 bridgehead atoms. The topological polar surface area (TPSA) is 55.6 Å². The Bertz CT molecular complexity index is 1570. The second kappa shape index (κ2) is 9.65. The number of halogens is 1. The van der Waals surface area contributed by atoms with Gasteiger partial charge in [-0.2, -0.15) is 5.10 Å². The molecule has 0 unspecified atom stereocenters. The number of hydrazone groups is 1. The number of amides is 1. The van der Waals surface area contributed by atoms with Crippen molar-refractivity contribution in [1.82, 2.24) is 9.99 Å². The molecule has 0 aliphatic heterocycles. The molecular weight excluding hydrogens is 458 g/mol. The van der Waals surface area contributed by atoms with E-state index in [9.17, 15) is 4.79 Å². The molecule has 1 N–H and O–H groups in total. The fraction of sp³-hybridized carbons (Fsp3) is 0.103. The van der Waals surface area contributed by atoms with Gasteiger partial charge in [0.2, 0.25) is 0 Å². The minimum atomic E-state index is -0.327. The quantitative estimate of drug-likeness (QED) is 0.220. The molecule has 174 valence electrons. The number of hydrogen-bond acceptors (Lipinski definition) is 3. The zero-order valence-corrected chi connectivity index (χ0v) is 20.2. The van der Waals surface area contributed by atoms with Crippen LogP contribution in [0.1, 0.15) is 27.2 Å². The van der Waals surface area contributed by atoms with Gasteiger partial charge in [0.15, 0.2) is 0 Å². The summed E-state index contributed by atoms with van der Waals surface area (Å²) in [6.07, 6.45) is 1.71. The van der Waals surface area contributed by atoms with Crippen LogP contribution in [0.25, 0.3) is 21.7 Å². The molecule has 0 aliphatic rings. The summed E-state index contributed by atoms with van der Waals surface area (Å²) in [7, 11) is 1.56. The van der Waals surface area contributed by atoms with Crippen LogP contribution >= 0.6 is 11.6 Å². The molecule has 1 heterocycles. The Hall–Kier alpha value is -4.09. The average Bonchev–Trinajstić information content (AvgIpc) is 3.15. The molecule has 1 aromatic heterocycles. The second-order valence-corrected chi connectivity index (χ2v) is 8.76. The van der Waals surface area contributed by atoms with Crippen molar-refractivity contribution in [2.24, 2.45) is 5.10 Å². The highest BCUT2D eigenvalue weighted by atomic mass is 35.5. The van der Waals surface area contributed by atoms with Crippen LogP contribution in [-0.4, -0.2) is 23.8 Å². The fourth-order valence-corrected chi connectivity index (χ4v) is 4.50. The lowest BCUT2D eigenvalue weighted by atomic mass is 10.1. The Morgan fingerprint density at radius 3 is 2.43 bits per heavy atom. The molecule has 0 fully saturated rings. The van der Waals surface area contributed by atoms with E-state index in [2.05, 4.69) is 34.2 Å². The van der Waals surface area contributed by atoms with Crippen LogP contribution in [0.4, 0.5) is 0 Å². The Kier molecular flexibility index (Phi) is 6.25. The van der Waals surface area contributed by atoms with Crippen molar-refractivity contribution in [3.05, 3.63) is 112 Å². The number of aromatic nitrogens is 1. The van der Waals surface area contributed by atoms with Crippen LogP contribution in [0, 0.1) is 6.92 Å². The third kappa shape index (κ3) is 4.51. The van der Waals surface area contributed by atoms with Gasteiger partial charge in [0.1, 0.15) is 5.75 Å². The van der Waals surface area contributed by atoms with E-state index in [4.69, 9.17) is 16.3 Å². The number of ether oxygens (including phenoxy) is 1. The van der Waals surface area contributed by atoms with Gasteiger partial charge in [-0.3, -0.25) is 4.79 Å². The SMILES string of the molecule is COc1cc2ccccc2cc1C(=O)NN=Cc1c(C)n(Cc2ccc(Cl)cc2)c2ccccc12. The van der Waals surface area contributed by atoms with Gasteiger partial charge in [-0.05, 0) is 53.6 Å². The Morgan fingerprint density at radius 2 is 1.69 bits per heavy atom. The van der Waals surface area contributed by atoms with Crippen LogP contribution in [0.3, 0.4) is 0 Å². The van der Waals surface area contributed by atoms with E-state index >= 15 is 0 Å². The van der Waals surface area contributed by atoms with Crippen LogP contribution in [0.5, 0.6) is 5.75 Å².